The summed E-state index contributed by atoms with van der Waals surface area (Å²) in [6.45, 7) is 0.226. The smallest absolute Gasteiger partial charge is 0.138 e. The number of hydrogen-bond acceptors (Lipinski definition) is 3. The van der Waals surface area contributed by atoms with Crippen molar-refractivity contribution in [2.45, 2.75) is 18.3 Å². The summed E-state index contributed by atoms with van der Waals surface area (Å²) >= 11 is 0. The van der Waals surface area contributed by atoms with E-state index in [-0.39, 0.29) is 12.0 Å². The Hall–Kier alpha value is -2.20. The van der Waals surface area contributed by atoms with Gasteiger partial charge in [-0.15, -0.1) is 0 Å². The Morgan fingerprint density at radius 1 is 1.15 bits per heavy atom. The largest absolute Gasteiger partial charge is 0.395 e. The highest BCUT2D eigenvalue weighted by atomic mass is 16.3. The van der Waals surface area contributed by atoms with Gasteiger partial charge in [0.25, 0.3) is 0 Å². The molecule has 4 rings (SSSR count). The van der Waals surface area contributed by atoms with Crippen LogP contribution in [0.1, 0.15) is 18.4 Å². The summed E-state index contributed by atoms with van der Waals surface area (Å²) < 4.78 is 0. The Kier molecular flexibility index (Phi) is 2.41. The fraction of sp³-hybridized carbons (Fsp3) is 0.250. The zero-order valence-electron chi connectivity index (χ0n) is 11.0. The van der Waals surface area contributed by atoms with Gasteiger partial charge in [0.05, 0.1) is 17.6 Å². The number of aliphatic hydroxyl groups is 1. The number of nitrogens with zero attached hydrogens (tertiary/aromatic N) is 2. The lowest BCUT2D eigenvalue weighted by atomic mass is 9.97. The molecule has 1 aliphatic carbocycles. The molecule has 1 saturated carbocycles. The Labute approximate surface area is 116 Å². The van der Waals surface area contributed by atoms with Crippen LogP contribution in [0.25, 0.3) is 22.4 Å². The molecular formula is C16H15N3O. The van der Waals surface area contributed by atoms with Crippen molar-refractivity contribution in [1.82, 2.24) is 15.0 Å². The van der Waals surface area contributed by atoms with Crippen molar-refractivity contribution in [2.75, 3.05) is 6.61 Å². The molecule has 3 aromatic rings. The van der Waals surface area contributed by atoms with E-state index in [4.69, 9.17) is 0 Å². The number of aliphatic hydroxyl groups excluding tert-OH is 1. The molecule has 4 heteroatoms. The van der Waals surface area contributed by atoms with Crippen LogP contribution in [0, 0.1) is 0 Å². The highest BCUT2D eigenvalue weighted by Crippen LogP contribution is 2.48. The van der Waals surface area contributed by atoms with E-state index in [0.29, 0.717) is 0 Å². The standard InChI is InChI=1S/C16H15N3O/c20-10-16(5-6-16)12-1-2-13-14(9-12)19-15(18-13)11-3-7-17-8-4-11/h1-4,7-9,20H,5-6,10H2,(H,18,19). The molecule has 0 aliphatic heterocycles. The molecule has 0 radical (unpaired) electrons. The molecule has 2 N–H and O–H groups in total. The number of aromatic amines is 1. The molecule has 100 valence electrons. The van der Waals surface area contributed by atoms with E-state index in [9.17, 15) is 5.11 Å². The lowest BCUT2D eigenvalue weighted by molar-refractivity contribution is 0.255. The first-order valence-corrected chi connectivity index (χ1v) is 6.82. The van der Waals surface area contributed by atoms with Gasteiger partial charge in [0, 0.05) is 23.4 Å². The number of rotatable bonds is 3. The summed E-state index contributed by atoms with van der Waals surface area (Å²) in [6, 6.07) is 10.1. The van der Waals surface area contributed by atoms with E-state index in [0.717, 1.165) is 35.3 Å². The van der Waals surface area contributed by atoms with E-state index in [1.165, 1.54) is 5.56 Å². The molecule has 0 spiro atoms. The molecule has 1 aliphatic rings. The number of benzene rings is 1. The van der Waals surface area contributed by atoms with Crippen molar-refractivity contribution < 1.29 is 5.11 Å². The quantitative estimate of drug-likeness (QED) is 0.765. The van der Waals surface area contributed by atoms with Crippen molar-refractivity contribution in [3.05, 3.63) is 48.3 Å². The van der Waals surface area contributed by atoms with Gasteiger partial charge in [-0.25, -0.2) is 4.98 Å². The van der Waals surface area contributed by atoms with Crippen molar-refractivity contribution in [3.8, 4) is 11.4 Å². The van der Waals surface area contributed by atoms with Crippen LogP contribution in [-0.2, 0) is 5.41 Å². The Morgan fingerprint density at radius 3 is 2.65 bits per heavy atom. The summed E-state index contributed by atoms with van der Waals surface area (Å²) in [5.74, 6) is 0.855. The van der Waals surface area contributed by atoms with Crippen LogP contribution in [0.5, 0.6) is 0 Å². The highest BCUT2D eigenvalue weighted by molar-refractivity contribution is 5.80. The predicted octanol–water partition coefficient (Wildman–Crippen LogP) is 2.65. The minimum atomic E-state index is -0.00384. The molecule has 0 unspecified atom stereocenters. The second-order valence-corrected chi connectivity index (χ2v) is 5.49. The fourth-order valence-corrected chi connectivity index (χ4v) is 2.67. The maximum atomic E-state index is 9.53. The van der Waals surface area contributed by atoms with Crippen molar-refractivity contribution in [3.63, 3.8) is 0 Å². The molecule has 20 heavy (non-hydrogen) atoms. The highest BCUT2D eigenvalue weighted by Gasteiger charge is 2.43. The molecule has 1 aromatic carbocycles. The Balaban J connectivity index is 1.80. The third kappa shape index (κ3) is 1.72. The number of imidazole rings is 1. The summed E-state index contributed by atoms with van der Waals surface area (Å²) in [5, 5.41) is 9.53. The first-order valence-electron chi connectivity index (χ1n) is 6.82. The lowest BCUT2D eigenvalue weighted by Crippen LogP contribution is -2.11. The first kappa shape index (κ1) is 11.6. The van der Waals surface area contributed by atoms with Gasteiger partial charge >= 0.3 is 0 Å². The zero-order valence-corrected chi connectivity index (χ0v) is 11.0. The van der Waals surface area contributed by atoms with E-state index in [1.807, 2.05) is 18.2 Å². The van der Waals surface area contributed by atoms with Gasteiger partial charge < -0.3 is 10.1 Å². The summed E-state index contributed by atoms with van der Waals surface area (Å²) in [4.78, 5) is 12.0. The van der Waals surface area contributed by atoms with Crippen LogP contribution in [0.15, 0.2) is 42.7 Å². The average molecular weight is 265 g/mol. The molecular weight excluding hydrogens is 250 g/mol. The van der Waals surface area contributed by atoms with Crippen molar-refractivity contribution in [1.29, 1.82) is 0 Å². The van der Waals surface area contributed by atoms with E-state index in [1.54, 1.807) is 12.4 Å². The number of aromatic nitrogens is 3. The maximum absolute atomic E-state index is 9.53. The fourth-order valence-electron chi connectivity index (χ4n) is 2.67. The van der Waals surface area contributed by atoms with Crippen LogP contribution in [0.4, 0.5) is 0 Å². The van der Waals surface area contributed by atoms with Gasteiger partial charge in [0.15, 0.2) is 0 Å². The van der Waals surface area contributed by atoms with Gasteiger partial charge in [-0.3, -0.25) is 4.98 Å². The minimum absolute atomic E-state index is 0.00384. The molecule has 4 nitrogen and oxygen atoms in total. The normalized spacial score (nSPS) is 16.4. The first-order chi connectivity index (χ1) is 9.81. The van der Waals surface area contributed by atoms with Gasteiger partial charge in [-0.2, -0.15) is 0 Å². The van der Waals surface area contributed by atoms with Crippen LogP contribution < -0.4 is 0 Å². The Bertz CT molecular complexity index is 760. The average Bonchev–Trinajstić information content (AvgIpc) is 3.20. The van der Waals surface area contributed by atoms with Gasteiger partial charge in [0.2, 0.25) is 0 Å². The van der Waals surface area contributed by atoms with Crippen LogP contribution in [0.2, 0.25) is 0 Å². The van der Waals surface area contributed by atoms with Gasteiger partial charge in [-0.1, -0.05) is 6.07 Å². The lowest BCUT2D eigenvalue weighted by Gasteiger charge is -2.11. The number of nitrogens with one attached hydrogen (secondary N) is 1. The van der Waals surface area contributed by atoms with E-state index < -0.39 is 0 Å². The zero-order chi connectivity index (χ0) is 13.6. The summed E-state index contributed by atoms with van der Waals surface area (Å²) in [6.07, 6.45) is 5.67. The number of pyridine rings is 1. The molecule has 0 atom stereocenters. The van der Waals surface area contributed by atoms with Gasteiger partial charge in [0.1, 0.15) is 5.82 Å². The number of fused-ring (bicyclic) bond motifs is 1. The van der Waals surface area contributed by atoms with E-state index >= 15 is 0 Å². The maximum Gasteiger partial charge on any atom is 0.138 e. The van der Waals surface area contributed by atoms with Crippen molar-refractivity contribution >= 4 is 11.0 Å². The van der Waals surface area contributed by atoms with Crippen molar-refractivity contribution in [2.24, 2.45) is 0 Å². The SMILES string of the molecule is OCC1(c2ccc3nc(-c4ccncc4)[nH]c3c2)CC1. The monoisotopic (exact) mass is 265 g/mol. The van der Waals surface area contributed by atoms with Crippen LogP contribution in [0.3, 0.4) is 0 Å². The van der Waals surface area contributed by atoms with Crippen LogP contribution >= 0.6 is 0 Å². The second-order valence-electron chi connectivity index (χ2n) is 5.49. The summed E-state index contributed by atoms with van der Waals surface area (Å²) in [5.41, 5.74) is 4.21. The van der Waals surface area contributed by atoms with E-state index in [2.05, 4.69) is 27.1 Å². The topological polar surface area (TPSA) is 61.8 Å². The number of H-pyrrole nitrogens is 1. The summed E-state index contributed by atoms with van der Waals surface area (Å²) in [7, 11) is 0. The molecule has 0 saturated heterocycles. The third-order valence-electron chi connectivity index (χ3n) is 4.20. The third-order valence-corrected chi connectivity index (χ3v) is 4.20. The Morgan fingerprint density at radius 2 is 1.95 bits per heavy atom. The van der Waals surface area contributed by atoms with Crippen LogP contribution in [-0.4, -0.2) is 26.7 Å². The second kappa shape index (κ2) is 4.15. The minimum Gasteiger partial charge on any atom is -0.395 e. The molecule has 2 heterocycles. The number of hydrogen-bond donors (Lipinski definition) is 2. The molecule has 0 amide bonds. The predicted molar refractivity (Wildman–Crippen MR) is 77.3 cm³/mol. The molecule has 2 aromatic heterocycles. The molecule has 1 fully saturated rings. The van der Waals surface area contributed by atoms with Gasteiger partial charge in [-0.05, 0) is 42.7 Å². The molecule has 0 bridgehead atoms.